The number of benzene rings is 1. The van der Waals surface area contributed by atoms with E-state index in [1.807, 2.05) is 0 Å². The van der Waals surface area contributed by atoms with E-state index in [-0.39, 0.29) is 30.4 Å². The Morgan fingerprint density at radius 3 is 2.67 bits per heavy atom. The number of halogens is 2. The highest BCUT2D eigenvalue weighted by Gasteiger charge is 2.34. The molecule has 1 heterocycles. The number of ether oxygens (including phenoxy) is 2. The molecule has 1 fully saturated rings. The van der Waals surface area contributed by atoms with Crippen molar-refractivity contribution in [2.24, 2.45) is 11.7 Å². The second kappa shape index (κ2) is 5.94. The molecule has 0 radical (unpaired) electrons. The monoisotopic (exact) mass is 300 g/mol. The van der Waals surface area contributed by atoms with Gasteiger partial charge in [-0.3, -0.25) is 9.59 Å². The molecule has 8 heteroatoms. The van der Waals surface area contributed by atoms with Crippen LogP contribution < -0.4 is 20.1 Å². The van der Waals surface area contributed by atoms with Gasteiger partial charge in [-0.25, -0.2) is 0 Å². The predicted molar refractivity (Wildman–Crippen MR) is 69.3 cm³/mol. The zero-order valence-electron chi connectivity index (χ0n) is 11.2. The first kappa shape index (κ1) is 15.0. The highest BCUT2D eigenvalue weighted by Crippen LogP contribution is 2.34. The number of hydrogen-bond donors (Lipinski definition) is 1. The molecule has 2 rings (SSSR count). The summed E-state index contributed by atoms with van der Waals surface area (Å²) in [6, 6.07) is 4.13. The van der Waals surface area contributed by atoms with Crippen molar-refractivity contribution in [3.05, 3.63) is 18.2 Å². The molecule has 0 aliphatic carbocycles. The number of nitrogens with two attached hydrogens (primary N) is 1. The van der Waals surface area contributed by atoms with Gasteiger partial charge in [-0.2, -0.15) is 8.78 Å². The molecule has 1 saturated heterocycles. The number of methoxy groups -OCH3 is 1. The average molecular weight is 300 g/mol. The number of carbonyl (C=O) groups is 2. The van der Waals surface area contributed by atoms with E-state index < -0.39 is 18.4 Å². The van der Waals surface area contributed by atoms with E-state index in [4.69, 9.17) is 10.5 Å². The van der Waals surface area contributed by atoms with E-state index in [0.717, 1.165) is 0 Å². The number of amides is 2. The van der Waals surface area contributed by atoms with Crippen LogP contribution in [0, 0.1) is 5.92 Å². The largest absolute Gasteiger partial charge is 0.493 e. The fraction of sp³-hybridized carbons (Fsp3) is 0.385. The van der Waals surface area contributed by atoms with Crippen LogP contribution in [-0.2, 0) is 9.59 Å². The Kier molecular flexibility index (Phi) is 4.25. The summed E-state index contributed by atoms with van der Waals surface area (Å²) in [6.07, 6.45) is 0.0347. The van der Waals surface area contributed by atoms with Gasteiger partial charge in [-0.15, -0.1) is 0 Å². The normalized spacial score (nSPS) is 18.2. The molecule has 21 heavy (non-hydrogen) atoms. The summed E-state index contributed by atoms with van der Waals surface area (Å²) in [5.41, 5.74) is 5.62. The summed E-state index contributed by atoms with van der Waals surface area (Å²) in [5, 5.41) is 0. The minimum absolute atomic E-state index is 0.0347. The van der Waals surface area contributed by atoms with Crippen molar-refractivity contribution in [2.75, 3.05) is 18.6 Å². The molecule has 1 unspecified atom stereocenters. The fourth-order valence-corrected chi connectivity index (χ4v) is 2.17. The summed E-state index contributed by atoms with van der Waals surface area (Å²) in [4.78, 5) is 24.4. The Labute approximate surface area is 119 Å². The maximum absolute atomic E-state index is 12.2. The molecule has 1 atom stereocenters. The van der Waals surface area contributed by atoms with Gasteiger partial charge in [0.15, 0.2) is 11.5 Å². The summed E-state index contributed by atoms with van der Waals surface area (Å²) in [7, 11) is 1.30. The summed E-state index contributed by atoms with van der Waals surface area (Å²) < 4.78 is 33.8. The Hall–Kier alpha value is -2.38. The lowest BCUT2D eigenvalue weighted by Gasteiger charge is -2.18. The van der Waals surface area contributed by atoms with E-state index in [9.17, 15) is 18.4 Å². The predicted octanol–water partition coefficient (Wildman–Crippen LogP) is 1.13. The number of hydrogen-bond acceptors (Lipinski definition) is 4. The highest BCUT2D eigenvalue weighted by atomic mass is 19.3. The van der Waals surface area contributed by atoms with Crippen molar-refractivity contribution in [1.82, 2.24) is 0 Å². The molecule has 1 aliphatic rings. The van der Waals surface area contributed by atoms with Crippen LogP contribution in [-0.4, -0.2) is 32.1 Å². The molecule has 2 amide bonds. The minimum atomic E-state index is -2.97. The second-order valence-electron chi connectivity index (χ2n) is 4.52. The third kappa shape index (κ3) is 3.21. The Bertz CT molecular complexity index is 565. The molecular formula is C13H14F2N2O4. The van der Waals surface area contributed by atoms with E-state index in [1.165, 1.54) is 30.2 Å². The summed E-state index contributed by atoms with van der Waals surface area (Å²) >= 11 is 0. The maximum atomic E-state index is 12.2. The van der Waals surface area contributed by atoms with E-state index in [2.05, 4.69) is 4.74 Å². The smallest absolute Gasteiger partial charge is 0.387 e. The van der Waals surface area contributed by atoms with Crippen LogP contribution >= 0.6 is 0 Å². The molecule has 0 saturated carbocycles. The number of alkyl halides is 2. The molecular weight excluding hydrogens is 286 g/mol. The number of primary amides is 1. The third-order valence-corrected chi connectivity index (χ3v) is 3.20. The van der Waals surface area contributed by atoms with Crippen molar-refractivity contribution in [3.8, 4) is 11.5 Å². The molecule has 0 spiro atoms. The minimum Gasteiger partial charge on any atom is -0.493 e. The lowest BCUT2D eigenvalue weighted by molar-refractivity contribution is -0.123. The van der Waals surface area contributed by atoms with E-state index in [1.54, 1.807) is 0 Å². The Morgan fingerprint density at radius 1 is 1.43 bits per heavy atom. The second-order valence-corrected chi connectivity index (χ2v) is 4.52. The zero-order chi connectivity index (χ0) is 15.6. The lowest BCUT2D eigenvalue weighted by Crippen LogP contribution is -2.28. The first-order chi connectivity index (χ1) is 9.92. The van der Waals surface area contributed by atoms with Gasteiger partial charge in [-0.1, -0.05) is 0 Å². The number of nitrogens with zero attached hydrogens (tertiary/aromatic N) is 1. The van der Waals surface area contributed by atoms with Gasteiger partial charge in [0.25, 0.3) is 0 Å². The molecule has 0 aromatic heterocycles. The number of carbonyl (C=O) groups excluding carboxylic acids is 2. The van der Waals surface area contributed by atoms with Gasteiger partial charge in [0.2, 0.25) is 11.8 Å². The Balaban J connectivity index is 2.25. The van der Waals surface area contributed by atoms with Crippen LogP contribution in [0.15, 0.2) is 18.2 Å². The average Bonchev–Trinajstić information content (AvgIpc) is 2.81. The van der Waals surface area contributed by atoms with Crippen LogP contribution in [0.2, 0.25) is 0 Å². The maximum Gasteiger partial charge on any atom is 0.387 e. The van der Waals surface area contributed by atoms with Crippen molar-refractivity contribution >= 4 is 17.5 Å². The standard InChI is InChI=1S/C13H14F2N2O4/c1-20-10-5-8(2-3-9(10)21-13(14)15)17-6-7(12(16)19)4-11(17)18/h2-3,5,7,13H,4,6H2,1H3,(H2,16,19). The van der Waals surface area contributed by atoms with Gasteiger partial charge < -0.3 is 20.1 Å². The zero-order valence-corrected chi connectivity index (χ0v) is 11.2. The number of rotatable bonds is 5. The first-order valence-electron chi connectivity index (χ1n) is 6.15. The quantitative estimate of drug-likeness (QED) is 0.884. The van der Waals surface area contributed by atoms with Gasteiger partial charge in [0.1, 0.15) is 0 Å². The van der Waals surface area contributed by atoms with Crippen molar-refractivity contribution < 1.29 is 27.8 Å². The highest BCUT2D eigenvalue weighted by molar-refractivity contribution is 6.00. The molecule has 1 aliphatic heterocycles. The fourth-order valence-electron chi connectivity index (χ4n) is 2.17. The van der Waals surface area contributed by atoms with Crippen LogP contribution in [0.4, 0.5) is 14.5 Å². The molecule has 0 bridgehead atoms. The van der Waals surface area contributed by atoms with Crippen molar-refractivity contribution in [1.29, 1.82) is 0 Å². The third-order valence-electron chi connectivity index (χ3n) is 3.20. The summed E-state index contributed by atoms with van der Waals surface area (Å²) in [5.74, 6) is -1.42. The SMILES string of the molecule is COc1cc(N2CC(C(N)=O)CC2=O)ccc1OC(F)F. The first-order valence-corrected chi connectivity index (χ1v) is 6.15. The lowest BCUT2D eigenvalue weighted by atomic mass is 10.1. The van der Waals surface area contributed by atoms with Gasteiger partial charge in [-0.05, 0) is 12.1 Å². The van der Waals surface area contributed by atoms with Crippen molar-refractivity contribution in [2.45, 2.75) is 13.0 Å². The van der Waals surface area contributed by atoms with Gasteiger partial charge >= 0.3 is 6.61 Å². The van der Waals surface area contributed by atoms with E-state index >= 15 is 0 Å². The molecule has 6 nitrogen and oxygen atoms in total. The molecule has 114 valence electrons. The summed E-state index contributed by atoms with van der Waals surface area (Å²) in [6.45, 7) is -2.82. The van der Waals surface area contributed by atoms with Crippen LogP contribution in [0.1, 0.15) is 6.42 Å². The molecule has 1 aromatic carbocycles. The number of anilines is 1. The molecule has 1 aromatic rings. The van der Waals surface area contributed by atoms with Gasteiger partial charge in [0.05, 0.1) is 13.0 Å². The van der Waals surface area contributed by atoms with Crippen LogP contribution in [0.5, 0.6) is 11.5 Å². The van der Waals surface area contributed by atoms with Gasteiger partial charge in [0, 0.05) is 24.7 Å². The van der Waals surface area contributed by atoms with Crippen molar-refractivity contribution in [3.63, 3.8) is 0 Å². The van der Waals surface area contributed by atoms with E-state index in [0.29, 0.717) is 5.69 Å². The molecule has 2 N–H and O–H groups in total. The van der Waals surface area contributed by atoms with Crippen LogP contribution in [0.3, 0.4) is 0 Å². The Morgan fingerprint density at radius 2 is 2.14 bits per heavy atom. The topological polar surface area (TPSA) is 81.9 Å². The van der Waals surface area contributed by atoms with Crippen LogP contribution in [0.25, 0.3) is 0 Å².